The molecule has 72 heavy (non-hydrogen) atoms. The number of primary amides is 1. The van der Waals surface area contributed by atoms with Crippen molar-refractivity contribution in [1.82, 2.24) is 36.0 Å². The zero-order chi connectivity index (χ0) is 51.9. The van der Waals surface area contributed by atoms with Crippen molar-refractivity contribution < 1.29 is 52.7 Å². The molecule has 5 aliphatic rings. The first-order valence-corrected chi connectivity index (χ1v) is 27.7. The predicted octanol–water partition coefficient (Wildman–Crippen LogP) is 0.776. The number of esters is 1. The summed E-state index contributed by atoms with van der Waals surface area (Å²) in [6.45, 7) is 0.504. The number of likely N-dealkylation sites (tertiary alicyclic amines) is 1. The lowest BCUT2D eigenvalue weighted by molar-refractivity contribution is -0.155. The second kappa shape index (κ2) is 27.1. The summed E-state index contributed by atoms with van der Waals surface area (Å²) < 4.78 is 5.69. The van der Waals surface area contributed by atoms with Crippen molar-refractivity contribution in [2.24, 2.45) is 23.3 Å². The topological polar surface area (TPSA) is 290 Å². The van der Waals surface area contributed by atoms with Crippen molar-refractivity contribution in [3.63, 3.8) is 0 Å². The van der Waals surface area contributed by atoms with Gasteiger partial charge in [0.2, 0.25) is 35.4 Å². The first-order valence-electron chi connectivity index (χ1n) is 25.2. The third kappa shape index (κ3) is 15.6. The normalized spacial score (nSPS) is 28.2. The molecule has 22 heteroatoms. The van der Waals surface area contributed by atoms with E-state index in [-0.39, 0.29) is 76.1 Å². The highest BCUT2D eigenvalue weighted by atomic mass is 33.1. The summed E-state index contributed by atoms with van der Waals surface area (Å²) in [7, 11) is 6.23. The molecule has 0 unspecified atom stereocenters. The van der Waals surface area contributed by atoms with E-state index in [1.165, 1.54) is 31.4 Å². The monoisotopic (exact) mass is 1040 g/mol. The van der Waals surface area contributed by atoms with Crippen LogP contribution in [0.5, 0.6) is 0 Å². The molecule has 4 heterocycles. The number of fused-ring (bicyclic) bond motifs is 9. The van der Waals surface area contributed by atoms with E-state index >= 15 is 0 Å². The molecule has 6 rings (SSSR count). The number of ketones is 2. The molecule has 8 atom stereocenters. The Morgan fingerprint density at radius 2 is 1.58 bits per heavy atom. The highest BCUT2D eigenvalue weighted by molar-refractivity contribution is 8.76. The van der Waals surface area contributed by atoms with Gasteiger partial charge < -0.3 is 52.2 Å². The summed E-state index contributed by atoms with van der Waals surface area (Å²) in [6, 6.07) is 0.750. The van der Waals surface area contributed by atoms with Gasteiger partial charge in [0.05, 0.1) is 24.5 Å². The maximum Gasteiger partial charge on any atom is 0.329 e. The predicted molar refractivity (Wildman–Crippen MR) is 271 cm³/mol. The van der Waals surface area contributed by atoms with E-state index < -0.39 is 120 Å². The second-order valence-corrected chi connectivity index (χ2v) is 22.2. The van der Waals surface area contributed by atoms with E-state index in [0.29, 0.717) is 51.5 Å². The highest BCUT2D eigenvalue weighted by Gasteiger charge is 2.41. The zero-order valence-corrected chi connectivity index (χ0v) is 43.0. The van der Waals surface area contributed by atoms with Crippen LogP contribution >= 0.6 is 21.6 Å². The summed E-state index contributed by atoms with van der Waals surface area (Å²) in [5.74, 6) is -8.47. The van der Waals surface area contributed by atoms with Gasteiger partial charge in [-0.1, -0.05) is 64.8 Å². The number of hydrogen-bond donors (Lipinski definition) is 6. The molecule has 0 radical (unpaired) electrons. The van der Waals surface area contributed by atoms with E-state index in [9.17, 15) is 47.9 Å². The Balaban J connectivity index is 1.39. The number of Topliss-reactive ketones (excluding diaryl/α,β-unsaturated/α-hetero) is 2. The Labute approximate surface area is 428 Å². The fourth-order valence-electron chi connectivity index (χ4n) is 10.0. The number of hydrogen-bond acceptors (Lipinski definition) is 15. The van der Waals surface area contributed by atoms with E-state index in [1.54, 1.807) is 0 Å². The number of nitrogens with two attached hydrogens (primary N) is 2. The summed E-state index contributed by atoms with van der Waals surface area (Å²) in [5, 5.41) is 11.2. The zero-order valence-electron chi connectivity index (χ0n) is 41.4. The van der Waals surface area contributed by atoms with Gasteiger partial charge in [-0.25, -0.2) is 4.79 Å². The number of amides is 7. The summed E-state index contributed by atoms with van der Waals surface area (Å²) >= 11 is 0. The van der Waals surface area contributed by atoms with Gasteiger partial charge in [0, 0.05) is 62.2 Å². The summed E-state index contributed by atoms with van der Waals surface area (Å²) in [6.07, 6.45) is 5.00. The fourth-order valence-corrected chi connectivity index (χ4v) is 12.4. The highest BCUT2D eigenvalue weighted by Crippen LogP contribution is 2.32. The van der Waals surface area contributed by atoms with Crippen LogP contribution in [0.3, 0.4) is 0 Å². The van der Waals surface area contributed by atoms with E-state index in [0.717, 1.165) is 16.7 Å². The van der Waals surface area contributed by atoms with Crippen LogP contribution in [-0.4, -0.2) is 168 Å². The number of cyclic esters (lactones) is 1. The molecule has 4 saturated heterocycles. The van der Waals surface area contributed by atoms with Gasteiger partial charge in [-0.3, -0.25) is 43.2 Å². The van der Waals surface area contributed by atoms with Gasteiger partial charge >= 0.3 is 5.97 Å². The molecule has 7 amide bonds. The average molecular weight is 1040 g/mol. The summed E-state index contributed by atoms with van der Waals surface area (Å²) in [5.41, 5.74) is 14.7. The number of carbonyl (C=O) groups excluding carboxylic acids is 10. The molecular formula is C50H71N9O11S2. The van der Waals surface area contributed by atoms with Crippen molar-refractivity contribution in [3.8, 4) is 0 Å². The maximum atomic E-state index is 14.6. The van der Waals surface area contributed by atoms with Crippen LogP contribution in [0.1, 0.15) is 101 Å². The number of ether oxygens (including phenoxy) is 1. The SMILES string of the molecule is CN(C)CCCC[C@@H]1CC(=O)[C@@H]2CSSC[C@H](N)C(=O)NCCCC[C@H](CC(=O)[C@@H]3CCCN3C(=O)COC(=O)[C@H](CC3=CCc4ccccc43)NC1=O)C(=O)N[C@H](C(=O)N1CCC[C@H]1C(N)=O)CC(=O)N2. The maximum absolute atomic E-state index is 14.6. The number of nitrogens with zero attached hydrogens (tertiary/aromatic N) is 3. The Morgan fingerprint density at radius 3 is 2.36 bits per heavy atom. The van der Waals surface area contributed by atoms with Gasteiger partial charge in [-0.15, -0.1) is 0 Å². The number of nitrogens with one attached hydrogen (secondary N) is 4. The average Bonchev–Trinajstić information content (AvgIpc) is 4.14. The van der Waals surface area contributed by atoms with Crippen LogP contribution in [0, 0.1) is 11.8 Å². The standard InChI is InChI=1S/C50H71N9O11S2/c1-57(2)20-8-6-13-32-24-41(60)38-29-72-71-28-35(51)48(67)53-19-7-5-12-33(46(65)55-36(26-43(62)54-38)49(68)59-22-10-16-40(59)45(52)64)25-42(61)39-15-9-21-58(39)44(63)27-70-50(69)37(56-47(32)66)23-31-18-17-30-11-3-4-14-34(30)31/h3-4,11,14,18,32-33,35-40H,5-10,12-13,15-17,19-29,51H2,1-2H3,(H2,52,64)(H,53,67)(H,54,62)(H,55,65)(H,56,66)/t32-,33-,35+,36+,37+,38+,39+,40+/m1/s1. The Hall–Kier alpha value is -5.32. The molecule has 1 aliphatic carbocycles. The van der Waals surface area contributed by atoms with Crippen LogP contribution < -0.4 is 32.7 Å². The number of unbranched alkanes of at least 4 members (excludes halogenated alkanes) is 1. The number of carbonyl (C=O) groups is 10. The molecular weight excluding hydrogens is 967 g/mol. The van der Waals surface area contributed by atoms with Gasteiger partial charge in [0.25, 0.3) is 5.91 Å². The molecule has 4 fully saturated rings. The Morgan fingerprint density at radius 1 is 0.819 bits per heavy atom. The van der Waals surface area contributed by atoms with Crippen LogP contribution in [0.25, 0.3) is 5.57 Å². The lowest BCUT2D eigenvalue weighted by Gasteiger charge is -2.30. The van der Waals surface area contributed by atoms with Gasteiger partial charge in [0.15, 0.2) is 18.2 Å². The van der Waals surface area contributed by atoms with Gasteiger partial charge in [-0.2, -0.15) is 0 Å². The van der Waals surface area contributed by atoms with Gasteiger partial charge in [-0.05, 0) is 95.1 Å². The first kappa shape index (κ1) is 56.0. The molecule has 1 aromatic rings. The van der Waals surface area contributed by atoms with Crippen molar-refractivity contribution in [2.45, 2.75) is 133 Å². The number of rotatable bonds is 9. The third-order valence-electron chi connectivity index (χ3n) is 14.1. The van der Waals surface area contributed by atoms with Crippen molar-refractivity contribution in [2.75, 3.05) is 58.4 Å². The lowest BCUT2D eigenvalue weighted by atomic mass is 9.91. The molecule has 0 aromatic heterocycles. The van der Waals surface area contributed by atoms with Gasteiger partial charge in [0.1, 0.15) is 18.1 Å². The Bertz CT molecular complexity index is 2230. The molecule has 2 bridgehead atoms. The summed E-state index contributed by atoms with van der Waals surface area (Å²) in [4.78, 5) is 145. The molecule has 394 valence electrons. The fraction of sp³-hybridized carbons (Fsp3) is 0.640. The molecule has 0 saturated carbocycles. The van der Waals surface area contributed by atoms with E-state index in [1.807, 2.05) is 49.3 Å². The second-order valence-electron chi connectivity index (χ2n) is 19.7. The Kier molecular flexibility index (Phi) is 21.1. The molecule has 1 aromatic carbocycles. The molecule has 4 aliphatic heterocycles. The minimum atomic E-state index is -1.54. The molecule has 0 spiro atoms. The largest absolute Gasteiger partial charge is 0.454 e. The van der Waals surface area contributed by atoms with Crippen LogP contribution in [0.2, 0.25) is 0 Å². The first-order chi connectivity index (χ1) is 34.5. The van der Waals surface area contributed by atoms with Crippen molar-refractivity contribution >= 4 is 86.0 Å². The molecule has 8 N–H and O–H groups in total. The number of allylic oxidation sites excluding steroid dienone is 1. The van der Waals surface area contributed by atoms with E-state index in [2.05, 4.69) is 21.3 Å². The van der Waals surface area contributed by atoms with Crippen molar-refractivity contribution in [3.05, 3.63) is 41.5 Å². The minimum Gasteiger partial charge on any atom is -0.454 e. The van der Waals surface area contributed by atoms with Crippen molar-refractivity contribution in [1.29, 1.82) is 0 Å². The van der Waals surface area contributed by atoms with E-state index in [4.69, 9.17) is 16.2 Å². The smallest absolute Gasteiger partial charge is 0.329 e. The van der Waals surface area contributed by atoms with Crippen LogP contribution in [-0.2, 0) is 59.1 Å². The van der Waals surface area contributed by atoms with Crippen LogP contribution in [0.4, 0.5) is 0 Å². The minimum absolute atomic E-state index is 0.0234. The van der Waals surface area contributed by atoms with Crippen LogP contribution in [0.15, 0.2) is 30.3 Å². The lowest BCUT2D eigenvalue weighted by Crippen LogP contribution is -2.56. The number of benzene rings is 1. The quantitative estimate of drug-likeness (QED) is 0.113. The molecule has 20 nitrogen and oxygen atoms in total. The third-order valence-corrected chi connectivity index (χ3v) is 16.5.